The Balaban J connectivity index is 2.04. The smallest absolute Gasteiger partial charge is 0.308 e. The van der Waals surface area contributed by atoms with Crippen LogP contribution >= 0.6 is 0 Å². The van der Waals surface area contributed by atoms with Gasteiger partial charge in [0, 0.05) is 13.1 Å². The van der Waals surface area contributed by atoms with E-state index in [1.165, 1.54) is 12.8 Å². The predicted molar refractivity (Wildman–Crippen MR) is 44.8 cm³/mol. The monoisotopic (exact) mass is 169 g/mol. The fourth-order valence-corrected chi connectivity index (χ4v) is 2.30. The molecule has 1 aliphatic heterocycles. The van der Waals surface area contributed by atoms with E-state index in [1.54, 1.807) is 0 Å². The molecule has 1 aliphatic carbocycles. The fourth-order valence-electron chi connectivity index (χ4n) is 2.30. The number of aliphatic carboxylic acids is 1. The summed E-state index contributed by atoms with van der Waals surface area (Å²) in [6.07, 6.45) is 2.50. The Hall–Kier alpha value is -0.570. The molecule has 0 aromatic rings. The first-order valence-electron chi connectivity index (χ1n) is 4.60. The molecule has 2 aliphatic rings. The highest BCUT2D eigenvalue weighted by molar-refractivity contribution is 5.71. The van der Waals surface area contributed by atoms with Gasteiger partial charge in [0.25, 0.3) is 0 Å². The Morgan fingerprint density at radius 3 is 2.58 bits per heavy atom. The molecule has 1 saturated carbocycles. The van der Waals surface area contributed by atoms with Crippen LogP contribution in [0.5, 0.6) is 0 Å². The standard InChI is InChI=1S/C9H15NO2/c1-10-4-7(6-2-3-6)8(5-10)9(11)12/h6-8H,2-5H2,1H3,(H,11,12)/t7-,8+/m0/s1. The third-order valence-corrected chi connectivity index (χ3v) is 3.09. The van der Waals surface area contributed by atoms with E-state index in [2.05, 4.69) is 4.90 Å². The second-order valence-corrected chi connectivity index (χ2v) is 4.17. The number of carboxylic acid groups (broad SMARTS) is 1. The molecule has 0 unspecified atom stereocenters. The van der Waals surface area contributed by atoms with Crippen molar-refractivity contribution >= 4 is 5.97 Å². The summed E-state index contributed by atoms with van der Waals surface area (Å²) in [4.78, 5) is 13.0. The molecule has 1 N–H and O–H groups in total. The molecule has 2 atom stereocenters. The van der Waals surface area contributed by atoms with Crippen LogP contribution in [0.15, 0.2) is 0 Å². The molecule has 0 aromatic heterocycles. The van der Waals surface area contributed by atoms with Crippen molar-refractivity contribution in [2.45, 2.75) is 12.8 Å². The SMILES string of the molecule is CN1C[C@@H](C(=O)O)[C@H](C2CC2)C1. The van der Waals surface area contributed by atoms with Crippen molar-refractivity contribution in [3.8, 4) is 0 Å². The second kappa shape index (κ2) is 2.73. The van der Waals surface area contributed by atoms with Gasteiger partial charge in [0.1, 0.15) is 0 Å². The lowest BCUT2D eigenvalue weighted by Crippen LogP contribution is -2.23. The molecule has 0 aromatic carbocycles. The molecule has 0 bridgehead atoms. The minimum absolute atomic E-state index is 0.0949. The van der Waals surface area contributed by atoms with Crippen molar-refractivity contribution in [3.05, 3.63) is 0 Å². The van der Waals surface area contributed by atoms with E-state index in [1.807, 2.05) is 7.05 Å². The van der Waals surface area contributed by atoms with Gasteiger partial charge < -0.3 is 10.0 Å². The molecule has 0 radical (unpaired) electrons. The van der Waals surface area contributed by atoms with Crippen LogP contribution in [-0.2, 0) is 4.79 Å². The number of carbonyl (C=O) groups is 1. The van der Waals surface area contributed by atoms with Gasteiger partial charge in [-0.2, -0.15) is 0 Å². The van der Waals surface area contributed by atoms with Crippen molar-refractivity contribution in [1.82, 2.24) is 4.90 Å². The average molecular weight is 169 g/mol. The lowest BCUT2D eigenvalue weighted by atomic mass is 9.92. The normalized spacial score (nSPS) is 37.1. The van der Waals surface area contributed by atoms with E-state index in [0.717, 1.165) is 19.0 Å². The minimum Gasteiger partial charge on any atom is -0.481 e. The lowest BCUT2D eigenvalue weighted by Gasteiger charge is -2.12. The summed E-state index contributed by atoms with van der Waals surface area (Å²) in [5.41, 5.74) is 0. The third kappa shape index (κ3) is 1.33. The highest BCUT2D eigenvalue weighted by atomic mass is 16.4. The van der Waals surface area contributed by atoms with Gasteiger partial charge in [0.05, 0.1) is 5.92 Å². The topological polar surface area (TPSA) is 40.5 Å². The Morgan fingerprint density at radius 1 is 1.42 bits per heavy atom. The van der Waals surface area contributed by atoms with Crippen molar-refractivity contribution in [3.63, 3.8) is 0 Å². The number of nitrogens with zero attached hydrogens (tertiary/aromatic N) is 1. The van der Waals surface area contributed by atoms with Crippen molar-refractivity contribution in [2.75, 3.05) is 20.1 Å². The molecule has 2 fully saturated rings. The van der Waals surface area contributed by atoms with Crippen LogP contribution in [0.2, 0.25) is 0 Å². The number of carboxylic acids is 1. The number of hydrogen-bond donors (Lipinski definition) is 1. The zero-order valence-corrected chi connectivity index (χ0v) is 7.36. The molecule has 68 valence electrons. The number of rotatable bonds is 2. The van der Waals surface area contributed by atoms with Crippen LogP contribution in [0.1, 0.15) is 12.8 Å². The maximum Gasteiger partial charge on any atom is 0.308 e. The number of likely N-dealkylation sites (tertiary alicyclic amines) is 1. The molecular weight excluding hydrogens is 154 g/mol. The maximum absolute atomic E-state index is 10.9. The molecule has 12 heavy (non-hydrogen) atoms. The van der Waals surface area contributed by atoms with Crippen molar-refractivity contribution in [1.29, 1.82) is 0 Å². The molecule has 1 saturated heterocycles. The van der Waals surface area contributed by atoms with Crippen molar-refractivity contribution in [2.24, 2.45) is 17.8 Å². The Bertz CT molecular complexity index is 201. The van der Waals surface area contributed by atoms with Crippen LogP contribution < -0.4 is 0 Å². The first-order valence-corrected chi connectivity index (χ1v) is 4.60. The summed E-state index contributed by atoms with van der Waals surface area (Å²) in [5, 5.41) is 8.95. The highest BCUT2D eigenvalue weighted by Gasteiger charge is 2.44. The largest absolute Gasteiger partial charge is 0.481 e. The quantitative estimate of drug-likeness (QED) is 0.660. The van der Waals surface area contributed by atoms with E-state index < -0.39 is 5.97 Å². The fraction of sp³-hybridized carbons (Fsp3) is 0.889. The van der Waals surface area contributed by atoms with Gasteiger partial charge >= 0.3 is 5.97 Å². The first-order chi connectivity index (χ1) is 5.68. The van der Waals surface area contributed by atoms with Gasteiger partial charge in [0.15, 0.2) is 0 Å². The Labute approximate surface area is 72.4 Å². The maximum atomic E-state index is 10.9. The summed E-state index contributed by atoms with van der Waals surface area (Å²) in [6.45, 7) is 1.73. The van der Waals surface area contributed by atoms with E-state index >= 15 is 0 Å². The Morgan fingerprint density at radius 2 is 2.08 bits per heavy atom. The van der Waals surface area contributed by atoms with Crippen LogP contribution in [0.25, 0.3) is 0 Å². The third-order valence-electron chi connectivity index (χ3n) is 3.09. The molecule has 3 heteroatoms. The van der Waals surface area contributed by atoms with Crippen LogP contribution in [0, 0.1) is 17.8 Å². The summed E-state index contributed by atoms with van der Waals surface area (Å²) < 4.78 is 0. The van der Waals surface area contributed by atoms with Crippen molar-refractivity contribution < 1.29 is 9.90 Å². The van der Waals surface area contributed by atoms with Gasteiger partial charge in [-0.05, 0) is 31.7 Å². The van der Waals surface area contributed by atoms with E-state index in [4.69, 9.17) is 5.11 Å². The highest BCUT2D eigenvalue weighted by Crippen LogP contribution is 2.43. The van der Waals surface area contributed by atoms with Crippen LogP contribution in [-0.4, -0.2) is 36.1 Å². The van der Waals surface area contributed by atoms with Crippen LogP contribution in [0.3, 0.4) is 0 Å². The molecular formula is C9H15NO2. The average Bonchev–Trinajstić information content (AvgIpc) is 2.75. The summed E-state index contributed by atoms with van der Waals surface area (Å²) in [5.74, 6) is 0.460. The van der Waals surface area contributed by atoms with Gasteiger partial charge in [-0.3, -0.25) is 4.79 Å². The summed E-state index contributed by atoms with van der Waals surface area (Å²) >= 11 is 0. The predicted octanol–water partition coefficient (Wildman–Crippen LogP) is 0.659. The second-order valence-electron chi connectivity index (χ2n) is 4.17. The Kier molecular flexibility index (Phi) is 1.83. The number of hydrogen-bond acceptors (Lipinski definition) is 2. The molecule has 0 spiro atoms. The minimum atomic E-state index is -0.601. The summed E-state index contributed by atoms with van der Waals surface area (Å²) in [7, 11) is 2.01. The molecule has 3 nitrogen and oxygen atoms in total. The zero-order valence-electron chi connectivity index (χ0n) is 7.36. The lowest BCUT2D eigenvalue weighted by molar-refractivity contribution is -0.142. The van der Waals surface area contributed by atoms with Gasteiger partial charge in [0.2, 0.25) is 0 Å². The first kappa shape index (κ1) is 8.05. The van der Waals surface area contributed by atoms with E-state index in [-0.39, 0.29) is 5.92 Å². The van der Waals surface area contributed by atoms with Gasteiger partial charge in [-0.25, -0.2) is 0 Å². The zero-order chi connectivity index (χ0) is 8.72. The molecule has 0 amide bonds. The van der Waals surface area contributed by atoms with Crippen LogP contribution in [0.4, 0.5) is 0 Å². The van der Waals surface area contributed by atoms with Gasteiger partial charge in [-0.1, -0.05) is 0 Å². The molecule has 1 heterocycles. The van der Waals surface area contributed by atoms with E-state index in [9.17, 15) is 4.79 Å². The van der Waals surface area contributed by atoms with E-state index in [0.29, 0.717) is 5.92 Å². The molecule has 2 rings (SSSR count). The van der Waals surface area contributed by atoms with Gasteiger partial charge in [-0.15, -0.1) is 0 Å². The summed E-state index contributed by atoms with van der Waals surface area (Å²) in [6, 6.07) is 0.